The topological polar surface area (TPSA) is 87.5 Å². The van der Waals surface area contributed by atoms with Crippen molar-refractivity contribution in [3.8, 4) is 0 Å². The van der Waals surface area contributed by atoms with E-state index in [1.807, 2.05) is 38.2 Å². The van der Waals surface area contributed by atoms with Gasteiger partial charge in [-0.15, -0.1) is 5.10 Å². The van der Waals surface area contributed by atoms with Crippen molar-refractivity contribution in [2.45, 2.75) is 32.6 Å². The predicted molar refractivity (Wildman–Crippen MR) is 108 cm³/mol. The molecule has 2 N–H and O–H groups in total. The summed E-state index contributed by atoms with van der Waals surface area (Å²) in [6.07, 6.45) is 4.73. The van der Waals surface area contributed by atoms with Crippen LogP contribution in [0.3, 0.4) is 0 Å². The third-order valence-corrected chi connectivity index (χ3v) is 5.72. The average Bonchev–Trinajstić information content (AvgIpc) is 3.31. The first-order chi connectivity index (χ1) is 13.4. The Morgan fingerprint density at radius 3 is 2.96 bits per heavy atom. The van der Waals surface area contributed by atoms with E-state index in [1.165, 1.54) is 6.42 Å². The minimum Gasteiger partial charge on any atom is -0.353 e. The highest BCUT2D eigenvalue weighted by Crippen LogP contribution is 2.39. The number of aromatic nitrogens is 4. The van der Waals surface area contributed by atoms with Crippen LogP contribution in [0, 0.1) is 5.92 Å². The summed E-state index contributed by atoms with van der Waals surface area (Å²) in [7, 11) is 0. The molecule has 3 aromatic rings. The highest BCUT2D eigenvalue weighted by molar-refractivity contribution is 6.06. The van der Waals surface area contributed by atoms with E-state index in [-0.39, 0.29) is 5.91 Å². The summed E-state index contributed by atoms with van der Waals surface area (Å²) in [5.74, 6) is 2.05. The zero-order valence-electron chi connectivity index (χ0n) is 16.2. The Labute approximate surface area is 163 Å². The lowest BCUT2D eigenvalue weighted by molar-refractivity contribution is -0.119. The Balaban J connectivity index is 1.45. The first kappa shape index (κ1) is 17.0. The van der Waals surface area contributed by atoms with E-state index in [4.69, 9.17) is 0 Å². The van der Waals surface area contributed by atoms with Crippen LogP contribution in [0.1, 0.15) is 32.8 Å². The number of nitrogens with one attached hydrogen (secondary N) is 2. The maximum atomic E-state index is 12.2. The number of hydrogen-bond donors (Lipinski definition) is 2. The van der Waals surface area contributed by atoms with E-state index in [9.17, 15) is 4.79 Å². The smallest absolute Gasteiger partial charge is 0.247 e. The van der Waals surface area contributed by atoms with Crippen molar-refractivity contribution in [1.29, 1.82) is 0 Å². The van der Waals surface area contributed by atoms with E-state index >= 15 is 0 Å². The minimum atomic E-state index is -0.511. The molecule has 0 spiro atoms. The number of rotatable bonds is 3. The number of fused-ring (bicyclic) bond motifs is 2. The van der Waals surface area contributed by atoms with Crippen LogP contribution in [0.25, 0.3) is 5.65 Å². The fraction of sp³-hybridized carbons (Fsp3) is 0.400. The lowest BCUT2D eigenvalue weighted by Crippen LogP contribution is -2.26. The Morgan fingerprint density at radius 2 is 2.18 bits per heavy atom. The largest absolute Gasteiger partial charge is 0.353 e. The van der Waals surface area contributed by atoms with Crippen LogP contribution in [-0.4, -0.2) is 38.6 Å². The van der Waals surface area contributed by atoms with Gasteiger partial charge in [0, 0.05) is 36.9 Å². The Hall–Kier alpha value is -3.16. The van der Waals surface area contributed by atoms with E-state index < -0.39 is 5.41 Å². The number of amides is 1. The summed E-state index contributed by atoms with van der Waals surface area (Å²) < 4.78 is 1.76. The maximum absolute atomic E-state index is 12.2. The molecule has 1 fully saturated rings. The molecule has 2 aromatic heterocycles. The molecule has 1 aromatic carbocycles. The van der Waals surface area contributed by atoms with Gasteiger partial charge in [-0.25, -0.2) is 9.50 Å². The number of hydrogen-bond acceptors (Lipinski definition) is 6. The first-order valence-corrected chi connectivity index (χ1v) is 9.61. The molecular formula is C20H23N7O. The number of anilines is 4. The molecule has 0 bridgehead atoms. The molecule has 0 radical (unpaired) electrons. The van der Waals surface area contributed by atoms with Crippen LogP contribution < -0.4 is 15.5 Å². The summed E-state index contributed by atoms with van der Waals surface area (Å²) in [5, 5.41) is 10.7. The highest BCUT2D eigenvalue weighted by Gasteiger charge is 2.38. The van der Waals surface area contributed by atoms with Gasteiger partial charge in [0.2, 0.25) is 11.9 Å². The molecule has 4 heterocycles. The minimum absolute atomic E-state index is 0.0149. The molecule has 1 atom stereocenters. The molecule has 5 rings (SSSR count). The fourth-order valence-electron chi connectivity index (χ4n) is 4.01. The summed E-state index contributed by atoms with van der Waals surface area (Å²) in [5.41, 5.74) is 2.90. The van der Waals surface area contributed by atoms with Crippen molar-refractivity contribution in [3.63, 3.8) is 0 Å². The van der Waals surface area contributed by atoms with E-state index in [0.29, 0.717) is 11.9 Å². The number of benzene rings is 1. The molecule has 1 unspecified atom stereocenters. The highest BCUT2D eigenvalue weighted by atomic mass is 16.2. The zero-order valence-corrected chi connectivity index (χ0v) is 16.2. The number of nitrogens with zero attached hydrogens (tertiary/aromatic N) is 5. The monoisotopic (exact) mass is 377 g/mol. The van der Waals surface area contributed by atoms with Crippen LogP contribution in [0.4, 0.5) is 23.1 Å². The predicted octanol–water partition coefficient (Wildman–Crippen LogP) is 2.94. The average molecular weight is 377 g/mol. The molecule has 1 amide bonds. The van der Waals surface area contributed by atoms with Crippen molar-refractivity contribution in [1.82, 2.24) is 19.6 Å². The Morgan fingerprint density at radius 1 is 1.32 bits per heavy atom. The van der Waals surface area contributed by atoms with Crippen LogP contribution >= 0.6 is 0 Å². The van der Waals surface area contributed by atoms with E-state index in [0.717, 1.165) is 41.5 Å². The quantitative estimate of drug-likeness (QED) is 0.730. The van der Waals surface area contributed by atoms with E-state index in [2.05, 4.69) is 37.5 Å². The van der Waals surface area contributed by atoms with Gasteiger partial charge in [-0.2, -0.15) is 4.98 Å². The van der Waals surface area contributed by atoms with E-state index in [1.54, 1.807) is 10.7 Å². The van der Waals surface area contributed by atoms with Crippen molar-refractivity contribution >= 4 is 34.7 Å². The van der Waals surface area contributed by atoms with Gasteiger partial charge >= 0.3 is 0 Å². The summed E-state index contributed by atoms with van der Waals surface area (Å²) in [6, 6.07) is 5.85. The zero-order chi connectivity index (χ0) is 19.5. The summed E-state index contributed by atoms with van der Waals surface area (Å²) in [4.78, 5) is 23.6. The molecule has 1 saturated heterocycles. The van der Waals surface area contributed by atoms with Crippen molar-refractivity contribution in [2.24, 2.45) is 5.92 Å². The molecule has 8 heteroatoms. The Kier molecular flexibility index (Phi) is 3.59. The van der Waals surface area contributed by atoms with Gasteiger partial charge in [0.05, 0.1) is 5.41 Å². The van der Waals surface area contributed by atoms with Crippen LogP contribution in [0.15, 0.2) is 30.6 Å². The summed E-state index contributed by atoms with van der Waals surface area (Å²) in [6.45, 7) is 8.09. The SMILES string of the molecule is CC1CCN(c2nccn3nc(Nc4ccc5c(c4)NC(=O)C5(C)C)nc23)C1. The Bertz CT molecular complexity index is 1090. The number of carbonyl (C=O) groups is 1. The van der Waals surface area contributed by atoms with Crippen molar-refractivity contribution < 1.29 is 4.79 Å². The fourth-order valence-corrected chi connectivity index (χ4v) is 4.01. The molecule has 144 valence electrons. The standard InChI is InChI=1S/C20H23N7O/c1-12-6-8-26(11-12)16-17-24-19(25-27(17)9-7-21-16)22-13-4-5-14-15(10-13)23-18(28)20(14,2)3/h4-5,7,9-10,12H,6,8,11H2,1-3H3,(H,22,25)(H,23,28). The maximum Gasteiger partial charge on any atom is 0.247 e. The second-order valence-corrected chi connectivity index (χ2v) is 8.26. The van der Waals surface area contributed by atoms with Gasteiger partial charge < -0.3 is 15.5 Å². The van der Waals surface area contributed by atoms with Crippen LogP contribution in [-0.2, 0) is 10.2 Å². The van der Waals surface area contributed by atoms with Crippen molar-refractivity contribution in [3.05, 3.63) is 36.2 Å². The molecule has 28 heavy (non-hydrogen) atoms. The third kappa shape index (κ3) is 2.59. The molecule has 0 aliphatic carbocycles. The summed E-state index contributed by atoms with van der Waals surface area (Å²) >= 11 is 0. The first-order valence-electron chi connectivity index (χ1n) is 9.61. The molecular weight excluding hydrogens is 354 g/mol. The number of carbonyl (C=O) groups excluding carboxylic acids is 1. The lowest BCUT2D eigenvalue weighted by atomic mass is 9.86. The molecule has 2 aliphatic heterocycles. The van der Waals surface area contributed by atoms with Crippen LogP contribution in [0.2, 0.25) is 0 Å². The second-order valence-electron chi connectivity index (χ2n) is 8.26. The second kappa shape index (κ2) is 5.92. The van der Waals surface area contributed by atoms with Crippen LogP contribution in [0.5, 0.6) is 0 Å². The van der Waals surface area contributed by atoms with Gasteiger partial charge in [0.25, 0.3) is 0 Å². The van der Waals surface area contributed by atoms with Gasteiger partial charge in [-0.1, -0.05) is 13.0 Å². The van der Waals surface area contributed by atoms with Gasteiger partial charge in [0.1, 0.15) is 0 Å². The molecule has 2 aliphatic rings. The van der Waals surface area contributed by atoms with Gasteiger partial charge in [-0.3, -0.25) is 4.79 Å². The van der Waals surface area contributed by atoms with Gasteiger partial charge in [-0.05, 0) is 43.9 Å². The lowest BCUT2D eigenvalue weighted by Gasteiger charge is -2.16. The normalized spacial score (nSPS) is 20.5. The van der Waals surface area contributed by atoms with Crippen molar-refractivity contribution in [2.75, 3.05) is 28.6 Å². The van der Waals surface area contributed by atoms with Gasteiger partial charge in [0.15, 0.2) is 11.5 Å². The molecule has 0 saturated carbocycles. The molecule has 8 nitrogen and oxygen atoms in total. The third-order valence-electron chi connectivity index (χ3n) is 5.72.